The molecule has 0 aromatic carbocycles. The number of nitrogens with one attached hydrogen (secondary N) is 2. The van der Waals surface area contributed by atoms with Crippen LogP contribution in [0.1, 0.15) is 52.9 Å². The molecular weight excluding hydrogens is 252 g/mol. The van der Waals surface area contributed by atoms with Crippen LogP contribution in [-0.2, 0) is 9.53 Å². The Morgan fingerprint density at radius 2 is 2.10 bits per heavy atom. The summed E-state index contributed by atoms with van der Waals surface area (Å²) in [6.07, 6.45) is 6.15. The molecular formula is C16H30N2O2. The predicted octanol–water partition coefficient (Wildman–Crippen LogP) is 2.08. The first-order valence-corrected chi connectivity index (χ1v) is 8.12. The summed E-state index contributed by atoms with van der Waals surface area (Å²) < 4.78 is 5.87. The van der Waals surface area contributed by atoms with Crippen molar-refractivity contribution in [3.63, 3.8) is 0 Å². The van der Waals surface area contributed by atoms with E-state index < -0.39 is 0 Å². The predicted molar refractivity (Wildman–Crippen MR) is 80.5 cm³/mol. The van der Waals surface area contributed by atoms with Crippen LogP contribution >= 0.6 is 0 Å². The van der Waals surface area contributed by atoms with Crippen LogP contribution in [0.4, 0.5) is 0 Å². The van der Waals surface area contributed by atoms with E-state index in [-0.39, 0.29) is 11.9 Å². The summed E-state index contributed by atoms with van der Waals surface area (Å²) in [6, 6.07) is 0.388. The van der Waals surface area contributed by atoms with Gasteiger partial charge in [-0.25, -0.2) is 0 Å². The molecule has 0 aromatic heterocycles. The van der Waals surface area contributed by atoms with Gasteiger partial charge in [0.1, 0.15) is 0 Å². The maximum absolute atomic E-state index is 12.0. The minimum atomic E-state index is -0.0648. The molecule has 0 radical (unpaired) electrons. The maximum atomic E-state index is 12.0. The van der Waals surface area contributed by atoms with E-state index in [1.54, 1.807) is 7.05 Å². The number of rotatable bonds is 7. The van der Waals surface area contributed by atoms with Gasteiger partial charge in [0.2, 0.25) is 5.91 Å². The molecule has 3 atom stereocenters. The van der Waals surface area contributed by atoms with Crippen molar-refractivity contribution in [2.45, 2.75) is 71.1 Å². The average molecular weight is 282 g/mol. The van der Waals surface area contributed by atoms with Crippen LogP contribution in [-0.4, -0.2) is 37.7 Å². The van der Waals surface area contributed by atoms with E-state index in [9.17, 15) is 4.79 Å². The number of likely N-dealkylation sites (N-methyl/N-ethyl adjacent to an activating group) is 1. The highest BCUT2D eigenvalue weighted by Gasteiger charge is 2.59. The molecule has 3 unspecified atom stereocenters. The van der Waals surface area contributed by atoms with Crippen molar-refractivity contribution in [3.8, 4) is 0 Å². The fraction of sp³-hybridized carbons (Fsp3) is 0.938. The molecule has 4 nitrogen and oxygen atoms in total. The highest BCUT2D eigenvalue weighted by atomic mass is 16.5. The number of carbonyl (C=O) groups excluding carboxylic acids is 1. The molecule has 1 spiro atoms. The van der Waals surface area contributed by atoms with E-state index in [0.717, 1.165) is 19.4 Å². The number of amides is 1. The lowest BCUT2D eigenvalue weighted by molar-refractivity contribution is -0.176. The zero-order chi connectivity index (χ0) is 14.8. The van der Waals surface area contributed by atoms with Crippen molar-refractivity contribution in [1.29, 1.82) is 0 Å². The maximum Gasteiger partial charge on any atom is 0.236 e. The van der Waals surface area contributed by atoms with Crippen LogP contribution in [0.5, 0.6) is 0 Å². The smallest absolute Gasteiger partial charge is 0.236 e. The Morgan fingerprint density at radius 1 is 1.40 bits per heavy atom. The number of ether oxygens (including phenoxy) is 1. The van der Waals surface area contributed by atoms with Crippen LogP contribution in [0.2, 0.25) is 0 Å². The third kappa shape index (κ3) is 2.86. The van der Waals surface area contributed by atoms with Crippen molar-refractivity contribution in [1.82, 2.24) is 10.6 Å². The number of hydrogen-bond acceptors (Lipinski definition) is 3. The van der Waals surface area contributed by atoms with Crippen LogP contribution in [0.3, 0.4) is 0 Å². The van der Waals surface area contributed by atoms with Gasteiger partial charge in [0.15, 0.2) is 0 Å². The molecule has 2 fully saturated rings. The van der Waals surface area contributed by atoms with Gasteiger partial charge in [-0.05, 0) is 38.5 Å². The lowest BCUT2D eigenvalue weighted by Crippen LogP contribution is -2.69. The topological polar surface area (TPSA) is 50.4 Å². The van der Waals surface area contributed by atoms with Crippen LogP contribution in [0.15, 0.2) is 0 Å². The number of carbonyl (C=O) groups is 1. The van der Waals surface area contributed by atoms with Gasteiger partial charge in [-0.3, -0.25) is 4.79 Å². The first kappa shape index (κ1) is 15.8. The van der Waals surface area contributed by atoms with E-state index in [1.807, 2.05) is 0 Å². The quantitative estimate of drug-likeness (QED) is 0.752. The zero-order valence-corrected chi connectivity index (χ0v) is 13.4. The molecule has 116 valence electrons. The summed E-state index contributed by atoms with van der Waals surface area (Å²) in [5.41, 5.74) is 0.319. The van der Waals surface area contributed by atoms with Gasteiger partial charge in [0.25, 0.3) is 0 Å². The zero-order valence-electron chi connectivity index (χ0n) is 13.4. The third-order valence-electron chi connectivity index (χ3n) is 5.11. The summed E-state index contributed by atoms with van der Waals surface area (Å²) in [5.74, 6) is 0.637. The Kier molecular flexibility index (Phi) is 5.08. The molecule has 0 saturated heterocycles. The van der Waals surface area contributed by atoms with Gasteiger partial charge >= 0.3 is 0 Å². The van der Waals surface area contributed by atoms with Gasteiger partial charge in [0, 0.05) is 25.1 Å². The minimum absolute atomic E-state index is 0.0648. The molecule has 2 rings (SSSR count). The third-order valence-corrected chi connectivity index (χ3v) is 5.11. The standard InChI is InChI=1S/C16H30N2O2/c1-5-20-14-10-13(16(14)7-6-8-16)18-12(9-11(2)3)15(19)17-4/h11-14,18H,5-10H2,1-4H3,(H,17,19). The highest BCUT2D eigenvalue weighted by Crippen LogP contribution is 2.57. The Hall–Kier alpha value is -0.610. The fourth-order valence-electron chi connectivity index (χ4n) is 3.81. The molecule has 2 aliphatic carbocycles. The summed E-state index contributed by atoms with van der Waals surface area (Å²) in [5, 5.41) is 6.42. The Balaban J connectivity index is 1.95. The first-order chi connectivity index (χ1) is 9.53. The SMILES string of the molecule is CCOC1CC(NC(CC(C)C)C(=O)NC)C12CCC2. The Labute approximate surface area is 123 Å². The van der Waals surface area contributed by atoms with E-state index in [1.165, 1.54) is 19.3 Å². The summed E-state index contributed by atoms with van der Waals surface area (Å²) >= 11 is 0. The van der Waals surface area contributed by atoms with Crippen LogP contribution in [0, 0.1) is 11.3 Å². The second-order valence-corrected chi connectivity index (χ2v) is 6.78. The largest absolute Gasteiger partial charge is 0.378 e. The first-order valence-electron chi connectivity index (χ1n) is 8.12. The normalized spacial score (nSPS) is 28.9. The Bertz CT molecular complexity index is 339. The monoisotopic (exact) mass is 282 g/mol. The lowest BCUT2D eigenvalue weighted by Gasteiger charge is -2.61. The van der Waals surface area contributed by atoms with Gasteiger partial charge in [-0.1, -0.05) is 20.3 Å². The molecule has 2 N–H and O–H groups in total. The molecule has 20 heavy (non-hydrogen) atoms. The van der Waals surface area contributed by atoms with Crippen LogP contribution in [0.25, 0.3) is 0 Å². The summed E-state index contributed by atoms with van der Waals surface area (Å²) in [7, 11) is 1.72. The molecule has 2 aliphatic rings. The van der Waals surface area contributed by atoms with Crippen LogP contribution < -0.4 is 10.6 Å². The van der Waals surface area contributed by atoms with Gasteiger partial charge in [-0.2, -0.15) is 0 Å². The van der Waals surface area contributed by atoms with Gasteiger partial charge < -0.3 is 15.4 Å². The lowest BCUT2D eigenvalue weighted by atomic mass is 9.51. The second kappa shape index (κ2) is 6.44. The molecule has 1 amide bonds. The van der Waals surface area contributed by atoms with Crippen molar-refractivity contribution >= 4 is 5.91 Å². The van der Waals surface area contributed by atoms with E-state index in [4.69, 9.17) is 4.74 Å². The Morgan fingerprint density at radius 3 is 2.55 bits per heavy atom. The van der Waals surface area contributed by atoms with Crippen molar-refractivity contribution < 1.29 is 9.53 Å². The molecule has 2 saturated carbocycles. The average Bonchev–Trinajstić information content (AvgIpc) is 2.32. The van der Waals surface area contributed by atoms with Gasteiger partial charge in [-0.15, -0.1) is 0 Å². The van der Waals surface area contributed by atoms with Gasteiger partial charge in [0.05, 0.1) is 12.1 Å². The minimum Gasteiger partial charge on any atom is -0.378 e. The van der Waals surface area contributed by atoms with Crippen molar-refractivity contribution in [2.75, 3.05) is 13.7 Å². The number of hydrogen-bond donors (Lipinski definition) is 2. The van der Waals surface area contributed by atoms with E-state index >= 15 is 0 Å². The second-order valence-electron chi connectivity index (χ2n) is 6.78. The van der Waals surface area contributed by atoms with Crippen molar-refractivity contribution in [3.05, 3.63) is 0 Å². The molecule has 4 heteroatoms. The highest BCUT2D eigenvalue weighted by molar-refractivity contribution is 5.81. The van der Waals surface area contributed by atoms with E-state index in [2.05, 4.69) is 31.4 Å². The summed E-state index contributed by atoms with van der Waals surface area (Å²) in [6.45, 7) is 7.20. The molecule has 0 heterocycles. The fourth-order valence-corrected chi connectivity index (χ4v) is 3.81. The molecule has 0 bridgehead atoms. The molecule has 0 aliphatic heterocycles. The van der Waals surface area contributed by atoms with Crippen molar-refractivity contribution in [2.24, 2.45) is 11.3 Å². The summed E-state index contributed by atoms with van der Waals surface area (Å²) in [4.78, 5) is 12.0. The van der Waals surface area contributed by atoms with E-state index in [0.29, 0.717) is 23.5 Å². The molecule has 0 aromatic rings.